The SMILES string of the molecule is COC(=O)N[C@H](C(=O)N1C[C@H](O)C[C@H]1C1=Nc2cc([C@H]3CC[C@H](c4ccc5c(c4)N=C([C@@H]4C[C@H](O)CN4C(=O)[C@@H](NC(=O)OC)C4CCOC4)C5)N3c3ccc(F)cc3)ccc2C1)C1CCOC1. The summed E-state index contributed by atoms with van der Waals surface area (Å²) in [5.74, 6) is -1.37. The van der Waals surface area contributed by atoms with Crippen molar-refractivity contribution in [3.63, 3.8) is 0 Å². The van der Waals surface area contributed by atoms with E-state index < -0.39 is 48.6 Å². The minimum atomic E-state index is -0.864. The van der Waals surface area contributed by atoms with Gasteiger partial charge in [-0.2, -0.15) is 0 Å². The molecule has 7 aliphatic heterocycles. The van der Waals surface area contributed by atoms with Crippen LogP contribution in [0.1, 0.15) is 72.9 Å². The van der Waals surface area contributed by atoms with E-state index in [9.17, 15) is 33.8 Å². The van der Waals surface area contributed by atoms with Gasteiger partial charge in [0.2, 0.25) is 11.8 Å². The van der Waals surface area contributed by atoms with Crippen LogP contribution >= 0.6 is 0 Å². The number of hydrogen-bond donors (Lipinski definition) is 4. The molecule has 0 aromatic heterocycles. The summed E-state index contributed by atoms with van der Waals surface area (Å²) in [6, 6.07) is 16.4. The normalized spacial score (nSPS) is 28.2. The summed E-state index contributed by atoms with van der Waals surface area (Å²) in [6.07, 6.45) is 1.60. The molecule has 2 unspecified atom stereocenters. The third kappa shape index (κ3) is 8.94. The molecule has 0 saturated carbocycles. The minimum Gasteiger partial charge on any atom is -0.453 e. The molecule has 68 heavy (non-hydrogen) atoms. The zero-order chi connectivity index (χ0) is 47.2. The van der Waals surface area contributed by atoms with Crippen molar-refractivity contribution in [3.05, 3.63) is 88.7 Å². The number of likely N-dealkylation sites (tertiary alicyclic amines) is 2. The van der Waals surface area contributed by atoms with Crippen molar-refractivity contribution >= 4 is 52.5 Å². The van der Waals surface area contributed by atoms with Crippen LogP contribution in [0.25, 0.3) is 0 Å². The zero-order valence-corrected chi connectivity index (χ0v) is 38.2. The molecule has 0 spiro atoms. The number of methoxy groups -OCH3 is 2. The van der Waals surface area contributed by atoms with Gasteiger partial charge < -0.3 is 54.5 Å². The molecule has 4 N–H and O–H groups in total. The number of aliphatic hydroxyl groups is 2. The average molecular weight is 936 g/mol. The molecule has 5 fully saturated rings. The number of amides is 4. The highest BCUT2D eigenvalue weighted by atomic mass is 19.1. The molecule has 0 aliphatic carbocycles. The molecule has 10 rings (SSSR count). The number of ether oxygens (including phenoxy) is 4. The van der Waals surface area contributed by atoms with E-state index in [1.54, 1.807) is 9.80 Å². The number of nitrogens with one attached hydrogen (secondary N) is 2. The maximum atomic E-state index is 14.4. The van der Waals surface area contributed by atoms with Gasteiger partial charge >= 0.3 is 12.2 Å². The molecule has 7 aliphatic rings. The van der Waals surface area contributed by atoms with Gasteiger partial charge in [0.25, 0.3) is 0 Å². The Morgan fingerprint density at radius 3 is 1.53 bits per heavy atom. The van der Waals surface area contributed by atoms with Gasteiger partial charge in [-0.1, -0.05) is 24.3 Å². The first-order valence-electron chi connectivity index (χ1n) is 23.7. The van der Waals surface area contributed by atoms with Gasteiger partial charge in [0.1, 0.15) is 17.9 Å². The second-order valence-corrected chi connectivity index (χ2v) is 19.1. The van der Waals surface area contributed by atoms with E-state index in [1.807, 2.05) is 12.1 Å². The number of halogens is 1. The summed E-state index contributed by atoms with van der Waals surface area (Å²) >= 11 is 0. The number of rotatable bonds is 11. The Kier molecular flexibility index (Phi) is 12.9. The first kappa shape index (κ1) is 45.8. The fraction of sp³-hybridized carbons (Fsp3) is 0.520. The minimum absolute atomic E-state index is 0.0937. The van der Waals surface area contributed by atoms with Crippen LogP contribution in [0.3, 0.4) is 0 Å². The molecule has 360 valence electrons. The van der Waals surface area contributed by atoms with E-state index in [0.717, 1.165) is 63.6 Å². The summed E-state index contributed by atoms with van der Waals surface area (Å²) < 4.78 is 35.3. The molecule has 10 atom stereocenters. The van der Waals surface area contributed by atoms with Crippen LogP contribution in [-0.2, 0) is 41.4 Å². The highest BCUT2D eigenvalue weighted by Crippen LogP contribution is 2.49. The third-order valence-corrected chi connectivity index (χ3v) is 15.0. The Balaban J connectivity index is 0.899. The maximum Gasteiger partial charge on any atom is 0.407 e. The van der Waals surface area contributed by atoms with Crippen molar-refractivity contribution in [3.8, 4) is 0 Å². The third-order valence-electron chi connectivity index (χ3n) is 15.0. The summed E-state index contributed by atoms with van der Waals surface area (Å²) in [5.41, 5.74) is 8.13. The van der Waals surface area contributed by atoms with Gasteiger partial charge in [0.05, 0.1) is 75.2 Å². The van der Waals surface area contributed by atoms with Crippen LogP contribution in [0.15, 0.2) is 70.6 Å². The van der Waals surface area contributed by atoms with E-state index in [1.165, 1.54) is 26.4 Å². The molecule has 3 aromatic carbocycles. The standard InChI is InChI=1S/C50H58FN7O10/c1-65-49(63)54-45(31-13-15-67-25-31)47(61)56-23-35(59)21-43(56)39-17-27-3-5-29(19-37(27)52-39)41-11-12-42(58(41)34-9-7-33(51)8-10-34)30-6-4-28-18-40(53-38(28)20-30)44-22-36(60)24-57(44)48(62)46(55-50(64)66-2)32-14-16-68-26-32/h3-10,19-20,31-32,35-36,41-46,59-60H,11-18,21-26H2,1-2H3,(H,54,63)(H,55,64)/t31?,32?,35-,36+,41-,42-,43+,44+,45+,46+/m1/s1. The Labute approximate surface area is 393 Å². The van der Waals surface area contributed by atoms with Crippen molar-refractivity contribution in [2.45, 2.75) is 99.8 Å². The number of β-amino-alcohol motifs (C(OH)–C–C–N with tert-alkyl or cyclic N) is 2. The van der Waals surface area contributed by atoms with Gasteiger partial charge in [-0.3, -0.25) is 19.6 Å². The highest BCUT2D eigenvalue weighted by Gasteiger charge is 2.46. The predicted octanol–water partition coefficient (Wildman–Crippen LogP) is 4.61. The van der Waals surface area contributed by atoms with E-state index in [-0.39, 0.29) is 54.6 Å². The van der Waals surface area contributed by atoms with Crippen molar-refractivity contribution in [2.24, 2.45) is 21.8 Å². The number of aliphatic hydroxyl groups excluding tert-OH is 2. The number of carbonyl (C=O) groups excluding carboxylic acids is 4. The van der Waals surface area contributed by atoms with Gasteiger partial charge in [-0.25, -0.2) is 14.0 Å². The summed E-state index contributed by atoms with van der Waals surface area (Å²) in [5, 5.41) is 27.3. The molecule has 3 aromatic rings. The van der Waals surface area contributed by atoms with Gasteiger partial charge in [0.15, 0.2) is 0 Å². The molecule has 17 nitrogen and oxygen atoms in total. The first-order chi connectivity index (χ1) is 33.0. The monoisotopic (exact) mass is 935 g/mol. The molecule has 0 bridgehead atoms. The Morgan fingerprint density at radius 2 is 1.12 bits per heavy atom. The quantitative estimate of drug-likeness (QED) is 0.209. The van der Waals surface area contributed by atoms with E-state index in [0.29, 0.717) is 65.0 Å². The number of alkyl carbamates (subject to hydrolysis) is 2. The number of hydrogen-bond acceptors (Lipinski definition) is 13. The maximum absolute atomic E-state index is 14.4. The number of nitrogens with zero attached hydrogens (tertiary/aromatic N) is 5. The molecule has 5 saturated heterocycles. The van der Waals surface area contributed by atoms with Crippen LogP contribution in [0.2, 0.25) is 0 Å². The van der Waals surface area contributed by atoms with Crippen molar-refractivity contribution in [1.29, 1.82) is 0 Å². The van der Waals surface area contributed by atoms with E-state index >= 15 is 0 Å². The lowest BCUT2D eigenvalue weighted by Crippen LogP contribution is -2.55. The van der Waals surface area contributed by atoms with Crippen LogP contribution < -0.4 is 15.5 Å². The van der Waals surface area contributed by atoms with E-state index in [4.69, 9.17) is 28.9 Å². The van der Waals surface area contributed by atoms with Crippen LogP contribution in [0, 0.1) is 17.7 Å². The topological polar surface area (TPSA) is 204 Å². The summed E-state index contributed by atoms with van der Waals surface area (Å²) in [4.78, 5) is 69.0. The Bertz CT molecular complexity index is 2350. The van der Waals surface area contributed by atoms with Crippen molar-refractivity contribution < 1.29 is 52.7 Å². The predicted molar refractivity (Wildman–Crippen MR) is 247 cm³/mol. The molecule has 7 heterocycles. The lowest BCUT2D eigenvalue weighted by atomic mass is 9.96. The summed E-state index contributed by atoms with van der Waals surface area (Å²) in [7, 11) is 2.52. The average Bonchev–Trinajstić information content (AvgIpc) is 4.21. The largest absolute Gasteiger partial charge is 0.453 e. The van der Waals surface area contributed by atoms with Gasteiger partial charge in [0, 0.05) is 80.9 Å². The van der Waals surface area contributed by atoms with E-state index in [2.05, 4.69) is 51.9 Å². The van der Waals surface area contributed by atoms with Crippen LogP contribution in [0.4, 0.5) is 31.0 Å². The zero-order valence-electron chi connectivity index (χ0n) is 38.2. The van der Waals surface area contributed by atoms with Crippen molar-refractivity contribution in [1.82, 2.24) is 20.4 Å². The Morgan fingerprint density at radius 1 is 0.662 bits per heavy atom. The molecule has 0 radical (unpaired) electrons. The van der Waals surface area contributed by atoms with Crippen LogP contribution in [0.5, 0.6) is 0 Å². The molecular formula is C50H58FN7O10. The summed E-state index contributed by atoms with van der Waals surface area (Å²) in [6.45, 7) is 1.90. The van der Waals surface area contributed by atoms with Gasteiger partial charge in [-0.05, 0) is 84.3 Å². The Hall–Kier alpha value is -5.95. The number of carbonyl (C=O) groups is 4. The lowest BCUT2D eigenvalue weighted by molar-refractivity contribution is -0.135. The molecule has 18 heteroatoms. The number of anilines is 1. The second-order valence-electron chi connectivity index (χ2n) is 19.1. The van der Waals surface area contributed by atoms with Crippen molar-refractivity contribution in [2.75, 3.05) is 58.6 Å². The number of fused-ring (bicyclic) bond motifs is 2. The number of aliphatic imine (C=N–C) groups is 2. The molecular weight excluding hydrogens is 878 g/mol. The lowest BCUT2D eigenvalue weighted by Gasteiger charge is -2.33. The highest BCUT2D eigenvalue weighted by molar-refractivity contribution is 6.02. The van der Waals surface area contributed by atoms with Gasteiger partial charge in [-0.15, -0.1) is 0 Å². The molecule has 4 amide bonds. The second kappa shape index (κ2) is 19.2. The smallest absolute Gasteiger partial charge is 0.407 e. The fourth-order valence-electron chi connectivity index (χ4n) is 11.6. The number of benzene rings is 3. The van der Waals surface area contributed by atoms with Crippen LogP contribution in [-0.4, -0.2) is 146 Å². The first-order valence-corrected chi connectivity index (χ1v) is 23.7. The fourth-order valence-corrected chi connectivity index (χ4v) is 11.6.